The number of hydrogen-bond acceptors (Lipinski definition) is 2. The summed E-state index contributed by atoms with van der Waals surface area (Å²) in [6, 6.07) is 0.294. The van der Waals surface area contributed by atoms with Crippen LogP contribution in [0.1, 0.15) is 19.3 Å². The highest BCUT2D eigenvalue weighted by Gasteiger charge is 2.41. The van der Waals surface area contributed by atoms with Crippen LogP contribution < -0.4 is 0 Å². The highest BCUT2D eigenvalue weighted by atomic mass is 16.6. The summed E-state index contributed by atoms with van der Waals surface area (Å²) < 4.78 is 5.17. The van der Waals surface area contributed by atoms with Crippen molar-refractivity contribution in [3.8, 4) is 0 Å². The molecule has 3 nitrogen and oxygen atoms in total. The third-order valence-corrected chi connectivity index (χ3v) is 2.75. The minimum atomic E-state index is -0.181. The molecule has 1 saturated heterocycles. The Bertz CT molecular complexity index is 235. The van der Waals surface area contributed by atoms with Gasteiger partial charge in [0, 0.05) is 13.5 Å². The Labute approximate surface area is 72.0 Å². The molecule has 1 heterocycles. The lowest BCUT2D eigenvalue weighted by Gasteiger charge is -2.26. The van der Waals surface area contributed by atoms with Crippen LogP contribution in [0.5, 0.6) is 0 Å². The molecule has 2 unspecified atom stereocenters. The maximum Gasteiger partial charge on any atom is 0.410 e. The summed E-state index contributed by atoms with van der Waals surface area (Å²) in [7, 11) is 1.81. The zero-order chi connectivity index (χ0) is 8.72. The molecule has 0 aromatic heterocycles. The number of rotatable bonds is 0. The molecule has 0 spiro atoms. The van der Waals surface area contributed by atoms with Crippen LogP contribution in [0.25, 0.3) is 0 Å². The number of carbonyl (C=O) groups excluding carboxylic acids is 1. The Morgan fingerprint density at radius 3 is 3.17 bits per heavy atom. The van der Waals surface area contributed by atoms with E-state index in [-0.39, 0.29) is 12.2 Å². The van der Waals surface area contributed by atoms with E-state index in [1.807, 2.05) is 0 Å². The molecule has 0 radical (unpaired) electrons. The lowest BCUT2D eigenvalue weighted by atomic mass is 9.89. The molecule has 0 N–H and O–H groups in total. The minimum Gasteiger partial charge on any atom is -0.444 e. The van der Waals surface area contributed by atoms with Crippen LogP contribution >= 0.6 is 0 Å². The molecule has 2 rings (SSSR count). The van der Waals surface area contributed by atoms with Crippen LogP contribution in [0, 0.1) is 0 Å². The van der Waals surface area contributed by atoms with Crippen molar-refractivity contribution in [3.63, 3.8) is 0 Å². The van der Waals surface area contributed by atoms with Crippen LogP contribution in [-0.4, -0.2) is 30.2 Å². The van der Waals surface area contributed by atoms with Gasteiger partial charge in [-0.3, -0.25) is 0 Å². The van der Waals surface area contributed by atoms with Crippen LogP contribution in [-0.2, 0) is 4.74 Å². The fraction of sp³-hybridized carbons (Fsp3) is 0.667. The second-order valence-corrected chi connectivity index (χ2v) is 3.59. The monoisotopic (exact) mass is 167 g/mol. The van der Waals surface area contributed by atoms with Gasteiger partial charge < -0.3 is 9.64 Å². The first kappa shape index (κ1) is 7.65. The Kier molecular flexibility index (Phi) is 1.60. The van der Waals surface area contributed by atoms with E-state index in [4.69, 9.17) is 4.74 Å². The number of fused-ring (bicyclic) bond motifs is 1. The van der Waals surface area contributed by atoms with Crippen molar-refractivity contribution in [2.75, 3.05) is 7.05 Å². The highest BCUT2D eigenvalue weighted by molar-refractivity contribution is 5.70. The van der Waals surface area contributed by atoms with Gasteiger partial charge in [-0.2, -0.15) is 0 Å². The SMILES string of the molecule is C=C1CCC2C(C1)OC(=O)N2C. The van der Waals surface area contributed by atoms with E-state index in [1.54, 1.807) is 11.9 Å². The molecule has 0 aromatic rings. The van der Waals surface area contributed by atoms with Gasteiger partial charge in [0.05, 0.1) is 6.04 Å². The van der Waals surface area contributed by atoms with Crippen molar-refractivity contribution in [1.29, 1.82) is 0 Å². The van der Waals surface area contributed by atoms with Crippen molar-refractivity contribution in [1.82, 2.24) is 4.90 Å². The van der Waals surface area contributed by atoms with E-state index in [1.165, 1.54) is 5.57 Å². The van der Waals surface area contributed by atoms with E-state index in [0.717, 1.165) is 19.3 Å². The summed E-state index contributed by atoms with van der Waals surface area (Å²) in [5.74, 6) is 0. The largest absolute Gasteiger partial charge is 0.444 e. The molecule has 66 valence electrons. The maximum absolute atomic E-state index is 11.1. The highest BCUT2D eigenvalue weighted by Crippen LogP contribution is 2.32. The van der Waals surface area contributed by atoms with E-state index < -0.39 is 0 Å². The van der Waals surface area contributed by atoms with Gasteiger partial charge in [-0.05, 0) is 12.8 Å². The first-order valence-corrected chi connectivity index (χ1v) is 4.28. The first-order valence-electron chi connectivity index (χ1n) is 4.28. The van der Waals surface area contributed by atoms with Gasteiger partial charge in [-0.1, -0.05) is 12.2 Å². The molecule has 0 aromatic carbocycles. The van der Waals surface area contributed by atoms with Crippen molar-refractivity contribution in [2.45, 2.75) is 31.4 Å². The van der Waals surface area contributed by atoms with E-state index >= 15 is 0 Å². The zero-order valence-electron chi connectivity index (χ0n) is 7.25. The normalized spacial score (nSPS) is 34.9. The molecule has 2 aliphatic rings. The molecule has 1 aliphatic carbocycles. The zero-order valence-corrected chi connectivity index (χ0v) is 7.25. The van der Waals surface area contributed by atoms with Crippen LogP contribution in [0.2, 0.25) is 0 Å². The molecule has 1 aliphatic heterocycles. The quantitative estimate of drug-likeness (QED) is 0.512. The van der Waals surface area contributed by atoms with Gasteiger partial charge >= 0.3 is 6.09 Å². The summed E-state index contributed by atoms with van der Waals surface area (Å²) in [6.45, 7) is 3.91. The Morgan fingerprint density at radius 2 is 2.42 bits per heavy atom. The van der Waals surface area contributed by atoms with Gasteiger partial charge in [0.1, 0.15) is 6.10 Å². The van der Waals surface area contributed by atoms with Crippen LogP contribution in [0.15, 0.2) is 12.2 Å². The lowest BCUT2D eigenvalue weighted by molar-refractivity contribution is 0.124. The second kappa shape index (κ2) is 2.51. The molecule has 2 atom stereocenters. The average Bonchev–Trinajstić information content (AvgIpc) is 2.28. The standard InChI is InChI=1S/C9H13NO2/c1-6-3-4-7-8(5-6)12-9(11)10(7)2/h7-8H,1,3-5H2,2H3. The number of likely N-dealkylation sites (N-methyl/N-ethyl adjacent to an activating group) is 1. The van der Waals surface area contributed by atoms with Crippen LogP contribution in [0.3, 0.4) is 0 Å². The molecule has 1 amide bonds. The summed E-state index contributed by atoms with van der Waals surface area (Å²) in [4.78, 5) is 12.8. The smallest absolute Gasteiger partial charge is 0.410 e. The predicted molar refractivity (Wildman–Crippen MR) is 44.8 cm³/mol. The molecule has 3 heteroatoms. The third-order valence-electron chi connectivity index (χ3n) is 2.75. The maximum atomic E-state index is 11.1. The molecule has 0 bridgehead atoms. The van der Waals surface area contributed by atoms with Gasteiger partial charge in [0.15, 0.2) is 0 Å². The molecular weight excluding hydrogens is 154 g/mol. The second-order valence-electron chi connectivity index (χ2n) is 3.59. The lowest BCUT2D eigenvalue weighted by Crippen LogP contribution is -2.36. The summed E-state index contributed by atoms with van der Waals surface area (Å²) in [5.41, 5.74) is 1.21. The van der Waals surface area contributed by atoms with Gasteiger partial charge in [0.2, 0.25) is 0 Å². The predicted octanol–water partition coefficient (Wildman–Crippen LogP) is 1.55. The summed E-state index contributed by atoms with van der Waals surface area (Å²) >= 11 is 0. The molecular formula is C9H13NO2. The molecule has 2 fully saturated rings. The first-order chi connectivity index (χ1) is 5.68. The summed E-state index contributed by atoms with van der Waals surface area (Å²) in [6.07, 6.45) is 2.78. The van der Waals surface area contributed by atoms with Crippen molar-refractivity contribution in [3.05, 3.63) is 12.2 Å². The van der Waals surface area contributed by atoms with Crippen molar-refractivity contribution >= 4 is 6.09 Å². The van der Waals surface area contributed by atoms with Gasteiger partial charge in [-0.25, -0.2) is 4.79 Å². The Hall–Kier alpha value is -0.990. The fourth-order valence-electron chi connectivity index (χ4n) is 1.97. The van der Waals surface area contributed by atoms with Crippen molar-refractivity contribution in [2.24, 2.45) is 0 Å². The minimum absolute atomic E-state index is 0.0729. The molecule has 1 saturated carbocycles. The Balaban J connectivity index is 2.14. The van der Waals surface area contributed by atoms with Crippen LogP contribution in [0.4, 0.5) is 4.79 Å². The molecule has 12 heavy (non-hydrogen) atoms. The number of hydrogen-bond donors (Lipinski definition) is 0. The topological polar surface area (TPSA) is 29.5 Å². The van der Waals surface area contributed by atoms with E-state index in [9.17, 15) is 4.79 Å². The number of ether oxygens (including phenoxy) is 1. The number of nitrogens with zero attached hydrogens (tertiary/aromatic N) is 1. The average molecular weight is 167 g/mol. The number of amides is 1. The number of carbonyl (C=O) groups is 1. The van der Waals surface area contributed by atoms with Gasteiger partial charge in [0.25, 0.3) is 0 Å². The van der Waals surface area contributed by atoms with Crippen molar-refractivity contribution < 1.29 is 9.53 Å². The van der Waals surface area contributed by atoms with Gasteiger partial charge in [-0.15, -0.1) is 0 Å². The van der Waals surface area contributed by atoms with E-state index in [0.29, 0.717) is 6.04 Å². The fourth-order valence-corrected chi connectivity index (χ4v) is 1.97. The third kappa shape index (κ3) is 1.00. The summed E-state index contributed by atoms with van der Waals surface area (Å²) in [5, 5.41) is 0. The Morgan fingerprint density at radius 1 is 1.67 bits per heavy atom. The van der Waals surface area contributed by atoms with E-state index in [2.05, 4.69) is 6.58 Å².